The number of amides is 1. The molecular weight excluding hydrogens is 506 g/mol. The number of pyridine rings is 1. The summed E-state index contributed by atoms with van der Waals surface area (Å²) in [5.74, 6) is -0.258. The Balaban J connectivity index is 1.32. The Kier molecular flexibility index (Phi) is 7.29. The highest BCUT2D eigenvalue weighted by molar-refractivity contribution is 5.96. The van der Waals surface area contributed by atoms with E-state index in [2.05, 4.69) is 56.9 Å². The molecule has 0 bridgehead atoms. The monoisotopic (exact) mass is 539 g/mol. The molecule has 40 heavy (non-hydrogen) atoms. The Morgan fingerprint density at radius 1 is 1.02 bits per heavy atom. The molecule has 6 rings (SSSR count). The lowest BCUT2D eigenvalue weighted by Crippen LogP contribution is -2.43. The first-order chi connectivity index (χ1) is 19.5. The molecule has 1 aliphatic heterocycles. The smallest absolute Gasteiger partial charge is 0.280 e. The number of anilines is 2. The summed E-state index contributed by atoms with van der Waals surface area (Å²) in [6.45, 7) is 5.25. The van der Waals surface area contributed by atoms with Crippen LogP contribution in [0, 0.1) is 0 Å². The summed E-state index contributed by atoms with van der Waals surface area (Å²) >= 11 is 0. The fourth-order valence-electron chi connectivity index (χ4n) is 5.47. The normalized spacial score (nSPS) is 15.8. The largest absolute Gasteiger partial charge is 0.324 e. The van der Waals surface area contributed by atoms with Gasteiger partial charge in [0.15, 0.2) is 5.65 Å². The summed E-state index contributed by atoms with van der Waals surface area (Å²) in [5, 5.41) is 3.52. The van der Waals surface area contributed by atoms with Crippen molar-refractivity contribution in [2.24, 2.45) is 0 Å². The first kappa shape index (κ1) is 26.1. The zero-order valence-electron chi connectivity index (χ0n) is 22.8. The highest BCUT2D eigenvalue weighted by atomic mass is 16.6. The first-order valence-electron chi connectivity index (χ1n) is 13.6. The van der Waals surface area contributed by atoms with E-state index >= 15 is 0 Å². The highest BCUT2D eigenvalue weighted by Gasteiger charge is 2.20. The molecule has 0 saturated carbocycles. The Bertz CT molecular complexity index is 1610. The minimum Gasteiger partial charge on any atom is -0.324 e. The fraction of sp³-hybridized carbons (Fsp3) is 0.333. The number of nitrogens with one attached hydrogen (secondary N) is 2. The molecule has 2 aromatic carbocycles. The third kappa shape index (κ3) is 5.33. The molecule has 4 aromatic rings. The van der Waals surface area contributed by atoms with Crippen molar-refractivity contribution in [2.75, 3.05) is 45.7 Å². The average Bonchev–Trinajstić information content (AvgIpc) is 3.44. The fourth-order valence-corrected chi connectivity index (χ4v) is 5.47. The van der Waals surface area contributed by atoms with Gasteiger partial charge in [-0.2, -0.15) is 4.98 Å². The van der Waals surface area contributed by atoms with Crippen LogP contribution in [0.5, 0.6) is 0 Å². The van der Waals surface area contributed by atoms with Crippen molar-refractivity contribution in [1.29, 1.82) is 0 Å². The number of hydroxylamine groups is 1. The Morgan fingerprint density at radius 2 is 1.80 bits per heavy atom. The number of hydrogen-bond acceptors (Lipinski definition) is 8. The van der Waals surface area contributed by atoms with Gasteiger partial charge in [0, 0.05) is 56.5 Å². The standard InChI is InChI=1S/C30H33N7O3/c1-35-12-14-36(15-13-35)18-20-6-9-23(10-7-20)32-30-31-17-25-27(38)26(29(39)34-40-2)19-37(28(25)33-30)24-11-8-21-4-3-5-22(21)16-24/h6-11,16-17,19H,3-5,12-15,18H2,1-2H3,(H,34,39)(H,31,32,33). The second-order valence-electron chi connectivity index (χ2n) is 10.5. The lowest BCUT2D eigenvalue weighted by atomic mass is 10.1. The predicted octanol–water partition coefficient (Wildman–Crippen LogP) is 3.05. The number of carbonyl (C=O) groups excluding carboxylic acids is 1. The van der Waals surface area contributed by atoms with Crippen LogP contribution >= 0.6 is 0 Å². The Morgan fingerprint density at radius 3 is 2.58 bits per heavy atom. The third-order valence-electron chi connectivity index (χ3n) is 7.76. The second-order valence-corrected chi connectivity index (χ2v) is 10.5. The lowest BCUT2D eigenvalue weighted by molar-refractivity contribution is 0.0536. The van der Waals surface area contributed by atoms with Crippen LogP contribution < -0.4 is 16.2 Å². The third-order valence-corrected chi connectivity index (χ3v) is 7.76. The number of aromatic nitrogens is 3. The van der Waals surface area contributed by atoms with Gasteiger partial charge in [0.25, 0.3) is 5.91 Å². The topological polar surface area (TPSA) is 105 Å². The van der Waals surface area contributed by atoms with E-state index < -0.39 is 11.3 Å². The number of aryl methyl sites for hydroxylation is 2. The lowest BCUT2D eigenvalue weighted by Gasteiger charge is -2.32. The molecule has 2 aliphatic rings. The zero-order valence-corrected chi connectivity index (χ0v) is 22.8. The van der Waals surface area contributed by atoms with Gasteiger partial charge in [0.05, 0.1) is 12.5 Å². The van der Waals surface area contributed by atoms with Crippen LogP contribution in [0.2, 0.25) is 0 Å². The van der Waals surface area contributed by atoms with Crippen LogP contribution in [0.25, 0.3) is 16.7 Å². The molecule has 0 radical (unpaired) electrons. The van der Waals surface area contributed by atoms with Crippen molar-refractivity contribution < 1.29 is 9.63 Å². The minimum absolute atomic E-state index is 0.0462. The van der Waals surface area contributed by atoms with Gasteiger partial charge >= 0.3 is 0 Å². The van der Waals surface area contributed by atoms with E-state index in [9.17, 15) is 9.59 Å². The van der Waals surface area contributed by atoms with Crippen molar-refractivity contribution in [2.45, 2.75) is 25.8 Å². The maximum absolute atomic E-state index is 13.3. The van der Waals surface area contributed by atoms with Crippen molar-refractivity contribution in [1.82, 2.24) is 29.8 Å². The number of nitrogens with zero attached hydrogens (tertiary/aromatic N) is 5. The number of benzene rings is 2. The quantitative estimate of drug-likeness (QED) is 0.346. The number of fused-ring (bicyclic) bond motifs is 2. The maximum Gasteiger partial charge on any atom is 0.280 e. The summed E-state index contributed by atoms with van der Waals surface area (Å²) in [7, 11) is 3.49. The van der Waals surface area contributed by atoms with E-state index in [-0.39, 0.29) is 10.9 Å². The molecule has 0 spiro atoms. The molecule has 2 aromatic heterocycles. The van der Waals surface area contributed by atoms with Gasteiger partial charge in [-0.25, -0.2) is 10.5 Å². The van der Waals surface area contributed by atoms with Gasteiger partial charge in [-0.3, -0.25) is 19.3 Å². The molecule has 10 heteroatoms. The van der Waals surface area contributed by atoms with Gasteiger partial charge in [-0.15, -0.1) is 0 Å². The maximum atomic E-state index is 13.3. The second kappa shape index (κ2) is 11.2. The highest BCUT2D eigenvalue weighted by Crippen LogP contribution is 2.26. The Hall–Kier alpha value is -4.12. The number of hydrogen-bond donors (Lipinski definition) is 2. The van der Waals surface area contributed by atoms with Crippen LogP contribution in [0.4, 0.5) is 11.6 Å². The number of likely N-dealkylation sites (N-methyl/N-ethyl adjacent to an activating group) is 1. The molecule has 1 aliphatic carbocycles. The van der Waals surface area contributed by atoms with E-state index in [1.165, 1.54) is 36.2 Å². The van der Waals surface area contributed by atoms with Crippen molar-refractivity contribution in [3.8, 4) is 5.69 Å². The molecule has 0 unspecified atom stereocenters. The summed E-state index contributed by atoms with van der Waals surface area (Å²) in [6, 6.07) is 14.5. The van der Waals surface area contributed by atoms with E-state index in [1.54, 1.807) is 4.57 Å². The van der Waals surface area contributed by atoms with Crippen LogP contribution in [0.15, 0.2) is 59.7 Å². The van der Waals surface area contributed by atoms with Crippen molar-refractivity contribution in [3.63, 3.8) is 0 Å². The van der Waals surface area contributed by atoms with E-state index in [4.69, 9.17) is 9.82 Å². The minimum atomic E-state index is -0.622. The van der Waals surface area contributed by atoms with E-state index in [0.29, 0.717) is 11.6 Å². The summed E-state index contributed by atoms with van der Waals surface area (Å²) in [6.07, 6.45) is 6.19. The Labute approximate surface area is 232 Å². The predicted molar refractivity (Wildman–Crippen MR) is 154 cm³/mol. The van der Waals surface area contributed by atoms with E-state index in [0.717, 1.165) is 63.4 Å². The van der Waals surface area contributed by atoms with Crippen LogP contribution in [-0.2, 0) is 24.2 Å². The molecule has 2 N–H and O–H groups in total. The molecule has 3 heterocycles. The summed E-state index contributed by atoms with van der Waals surface area (Å²) in [4.78, 5) is 44.7. The number of rotatable bonds is 7. The van der Waals surface area contributed by atoms with Gasteiger partial charge in [-0.1, -0.05) is 18.2 Å². The average molecular weight is 540 g/mol. The molecular formula is C30H33N7O3. The zero-order chi connectivity index (χ0) is 27.6. The number of piperazine rings is 1. The molecule has 1 amide bonds. The van der Waals surface area contributed by atoms with Gasteiger partial charge in [0.2, 0.25) is 11.4 Å². The van der Waals surface area contributed by atoms with Crippen LogP contribution in [0.3, 0.4) is 0 Å². The summed E-state index contributed by atoms with van der Waals surface area (Å²) < 4.78 is 1.78. The van der Waals surface area contributed by atoms with Gasteiger partial charge in [0.1, 0.15) is 5.56 Å². The molecule has 0 atom stereocenters. The first-order valence-corrected chi connectivity index (χ1v) is 13.6. The van der Waals surface area contributed by atoms with E-state index in [1.807, 2.05) is 18.2 Å². The van der Waals surface area contributed by atoms with Crippen molar-refractivity contribution >= 4 is 28.6 Å². The molecule has 1 fully saturated rings. The molecule has 10 nitrogen and oxygen atoms in total. The van der Waals surface area contributed by atoms with Gasteiger partial charge < -0.3 is 14.8 Å². The number of carbonyl (C=O) groups is 1. The SMILES string of the molecule is CONC(=O)c1cn(-c2ccc3c(c2)CCC3)c2nc(Nc3ccc(CN4CCN(C)CC4)cc3)ncc2c1=O. The van der Waals surface area contributed by atoms with Crippen LogP contribution in [0.1, 0.15) is 33.5 Å². The van der Waals surface area contributed by atoms with Crippen LogP contribution in [-0.4, -0.2) is 70.6 Å². The summed E-state index contributed by atoms with van der Waals surface area (Å²) in [5.41, 5.74) is 7.71. The molecule has 1 saturated heterocycles. The molecule has 206 valence electrons. The van der Waals surface area contributed by atoms with Crippen molar-refractivity contribution in [3.05, 3.63) is 87.3 Å². The van der Waals surface area contributed by atoms with Gasteiger partial charge in [-0.05, 0) is 67.3 Å².